The van der Waals surface area contributed by atoms with Crippen molar-refractivity contribution in [3.63, 3.8) is 0 Å². The zero-order chi connectivity index (χ0) is 15.0. The van der Waals surface area contributed by atoms with E-state index < -0.39 is 0 Å². The van der Waals surface area contributed by atoms with Crippen LogP contribution in [0.3, 0.4) is 0 Å². The van der Waals surface area contributed by atoms with Crippen LogP contribution in [-0.2, 0) is 0 Å². The fourth-order valence-corrected chi connectivity index (χ4v) is 3.24. The molecule has 0 atom stereocenters. The Labute approximate surface area is 127 Å². The lowest BCUT2D eigenvalue weighted by Gasteiger charge is -2.07. The molecule has 0 aliphatic rings. The minimum absolute atomic E-state index is 0.144. The van der Waals surface area contributed by atoms with E-state index >= 15 is 0 Å². The number of anilines is 1. The monoisotopic (exact) mass is 299 g/mol. The van der Waals surface area contributed by atoms with Crippen LogP contribution in [0.2, 0.25) is 0 Å². The van der Waals surface area contributed by atoms with Crippen LogP contribution >= 0.6 is 11.3 Å². The summed E-state index contributed by atoms with van der Waals surface area (Å²) >= 11 is 1.59. The number of carbonyl (C=O) groups excluding carboxylic acids is 1. The molecule has 0 saturated heterocycles. The van der Waals surface area contributed by atoms with Gasteiger partial charge in [0.15, 0.2) is 0 Å². The van der Waals surface area contributed by atoms with Gasteiger partial charge in [-0.1, -0.05) is 19.9 Å². The van der Waals surface area contributed by atoms with Crippen molar-refractivity contribution in [2.75, 3.05) is 5.32 Å². The Morgan fingerprint density at radius 2 is 2.14 bits per heavy atom. The summed E-state index contributed by atoms with van der Waals surface area (Å²) in [5, 5.41) is 4.98. The summed E-state index contributed by atoms with van der Waals surface area (Å²) in [7, 11) is 0. The number of amides is 1. The van der Waals surface area contributed by atoms with Crippen molar-refractivity contribution in [2.24, 2.45) is 0 Å². The van der Waals surface area contributed by atoms with Gasteiger partial charge in [0.1, 0.15) is 5.69 Å². The van der Waals surface area contributed by atoms with Crippen molar-refractivity contribution in [1.29, 1.82) is 0 Å². The first-order chi connectivity index (χ1) is 10.0. The van der Waals surface area contributed by atoms with Gasteiger partial charge >= 0.3 is 0 Å². The molecule has 0 aliphatic heterocycles. The van der Waals surface area contributed by atoms with Crippen LogP contribution in [0.15, 0.2) is 30.5 Å². The highest BCUT2D eigenvalue weighted by atomic mass is 32.1. The van der Waals surface area contributed by atoms with Crippen LogP contribution in [-0.4, -0.2) is 15.9 Å². The molecule has 3 rings (SSSR count). The highest BCUT2D eigenvalue weighted by Crippen LogP contribution is 2.27. The van der Waals surface area contributed by atoms with Gasteiger partial charge in [-0.05, 0) is 36.4 Å². The SMILES string of the molecule is Cc1nc(C(=O)Nc2ccc3cc[nH]c3c2)c(C(C)C)s1. The molecule has 3 aromatic rings. The number of nitrogens with one attached hydrogen (secondary N) is 2. The Hall–Kier alpha value is -2.14. The van der Waals surface area contributed by atoms with Crippen LogP contribution in [0.1, 0.15) is 40.1 Å². The minimum atomic E-state index is -0.144. The summed E-state index contributed by atoms with van der Waals surface area (Å²) in [6.07, 6.45) is 1.89. The second kappa shape index (κ2) is 5.33. The first kappa shape index (κ1) is 13.8. The Morgan fingerprint density at radius 3 is 2.90 bits per heavy atom. The lowest BCUT2D eigenvalue weighted by atomic mass is 10.1. The zero-order valence-corrected chi connectivity index (χ0v) is 13.0. The van der Waals surface area contributed by atoms with Crippen molar-refractivity contribution in [3.8, 4) is 0 Å². The number of aromatic nitrogens is 2. The first-order valence-corrected chi connectivity index (χ1v) is 7.72. The number of thiazole rings is 1. The van der Waals surface area contributed by atoms with Crippen LogP contribution < -0.4 is 5.32 Å². The van der Waals surface area contributed by atoms with Gasteiger partial charge in [0.25, 0.3) is 5.91 Å². The molecule has 1 aromatic carbocycles. The van der Waals surface area contributed by atoms with Gasteiger partial charge in [-0.2, -0.15) is 0 Å². The molecule has 0 fully saturated rings. The Balaban J connectivity index is 1.88. The largest absolute Gasteiger partial charge is 0.361 e. The third-order valence-electron chi connectivity index (χ3n) is 3.31. The summed E-state index contributed by atoms with van der Waals surface area (Å²) in [4.78, 5) is 21.0. The quantitative estimate of drug-likeness (QED) is 0.757. The average molecular weight is 299 g/mol. The number of hydrogen-bond donors (Lipinski definition) is 2. The molecule has 0 bridgehead atoms. The summed E-state index contributed by atoms with van der Waals surface area (Å²) in [5.74, 6) is 0.150. The Kier molecular flexibility index (Phi) is 3.51. The third kappa shape index (κ3) is 2.69. The number of hydrogen-bond acceptors (Lipinski definition) is 3. The number of fused-ring (bicyclic) bond motifs is 1. The topological polar surface area (TPSA) is 57.8 Å². The lowest BCUT2D eigenvalue weighted by molar-refractivity contribution is 0.102. The summed E-state index contributed by atoms with van der Waals surface area (Å²) in [6, 6.07) is 7.82. The van der Waals surface area contributed by atoms with Gasteiger partial charge in [-0.3, -0.25) is 4.79 Å². The smallest absolute Gasteiger partial charge is 0.275 e. The van der Waals surface area contributed by atoms with E-state index in [4.69, 9.17) is 0 Å². The fourth-order valence-electron chi connectivity index (χ4n) is 2.31. The third-order valence-corrected chi connectivity index (χ3v) is 4.58. The molecule has 2 aromatic heterocycles. The van der Waals surface area contributed by atoms with Crippen LogP contribution in [0.25, 0.3) is 10.9 Å². The average Bonchev–Trinajstić information content (AvgIpc) is 3.04. The predicted molar refractivity (Wildman–Crippen MR) is 87.2 cm³/mol. The van der Waals surface area contributed by atoms with Crippen molar-refractivity contribution in [1.82, 2.24) is 9.97 Å². The molecule has 1 amide bonds. The van der Waals surface area contributed by atoms with E-state index in [-0.39, 0.29) is 5.91 Å². The van der Waals surface area contributed by atoms with E-state index in [0.717, 1.165) is 26.5 Å². The maximum atomic E-state index is 12.4. The Bertz CT molecular complexity index is 801. The minimum Gasteiger partial charge on any atom is -0.361 e. The molecule has 2 N–H and O–H groups in total. The van der Waals surface area contributed by atoms with Crippen LogP contribution in [0.4, 0.5) is 5.69 Å². The molecular formula is C16H17N3OS. The molecule has 0 unspecified atom stereocenters. The number of aromatic amines is 1. The molecule has 4 nitrogen and oxygen atoms in total. The van der Waals surface area contributed by atoms with Crippen molar-refractivity contribution in [2.45, 2.75) is 26.7 Å². The summed E-state index contributed by atoms with van der Waals surface area (Å²) < 4.78 is 0. The van der Waals surface area contributed by atoms with Crippen LogP contribution in [0, 0.1) is 6.92 Å². The molecule has 21 heavy (non-hydrogen) atoms. The number of nitrogens with zero attached hydrogens (tertiary/aromatic N) is 1. The molecule has 0 aliphatic carbocycles. The normalized spacial score (nSPS) is 11.2. The standard InChI is InChI=1S/C16H17N3OS/c1-9(2)15-14(18-10(3)21-15)16(20)19-12-5-4-11-6-7-17-13(11)8-12/h4-9,17H,1-3H3,(H,19,20). The second-order valence-electron chi connectivity index (χ2n) is 5.33. The second-order valence-corrected chi connectivity index (χ2v) is 6.57. The summed E-state index contributed by atoms with van der Waals surface area (Å²) in [6.45, 7) is 6.09. The predicted octanol–water partition coefficient (Wildman–Crippen LogP) is 4.31. The van der Waals surface area contributed by atoms with Gasteiger partial charge in [0, 0.05) is 22.3 Å². The summed E-state index contributed by atoms with van der Waals surface area (Å²) in [5.41, 5.74) is 2.32. The van der Waals surface area contributed by atoms with Crippen molar-refractivity contribution in [3.05, 3.63) is 46.0 Å². The van der Waals surface area contributed by atoms with E-state index in [1.54, 1.807) is 11.3 Å². The van der Waals surface area contributed by atoms with E-state index in [9.17, 15) is 4.79 Å². The highest BCUT2D eigenvalue weighted by molar-refractivity contribution is 7.12. The lowest BCUT2D eigenvalue weighted by Crippen LogP contribution is -2.14. The molecule has 108 valence electrons. The zero-order valence-electron chi connectivity index (χ0n) is 12.2. The molecule has 0 radical (unpaired) electrons. The van der Waals surface area contributed by atoms with Gasteiger partial charge in [0.2, 0.25) is 0 Å². The van der Waals surface area contributed by atoms with E-state index in [1.165, 1.54) is 0 Å². The van der Waals surface area contributed by atoms with Gasteiger partial charge in [0.05, 0.1) is 5.01 Å². The maximum absolute atomic E-state index is 12.4. The number of H-pyrrole nitrogens is 1. The molecule has 5 heteroatoms. The van der Waals surface area contributed by atoms with Crippen molar-refractivity contribution < 1.29 is 4.79 Å². The number of rotatable bonds is 3. The van der Waals surface area contributed by atoms with E-state index in [2.05, 4.69) is 29.1 Å². The van der Waals surface area contributed by atoms with Crippen LogP contribution in [0.5, 0.6) is 0 Å². The number of benzene rings is 1. The Morgan fingerprint density at radius 1 is 1.33 bits per heavy atom. The molecule has 0 spiro atoms. The van der Waals surface area contributed by atoms with Gasteiger partial charge in [-0.15, -0.1) is 11.3 Å². The van der Waals surface area contributed by atoms with Gasteiger partial charge in [-0.25, -0.2) is 4.98 Å². The number of carbonyl (C=O) groups is 1. The first-order valence-electron chi connectivity index (χ1n) is 6.90. The number of aryl methyl sites for hydroxylation is 1. The molecular weight excluding hydrogens is 282 g/mol. The fraction of sp³-hybridized carbons (Fsp3) is 0.250. The van der Waals surface area contributed by atoms with Gasteiger partial charge < -0.3 is 10.3 Å². The van der Waals surface area contributed by atoms with E-state index in [0.29, 0.717) is 11.6 Å². The maximum Gasteiger partial charge on any atom is 0.275 e. The van der Waals surface area contributed by atoms with Crippen molar-refractivity contribution >= 4 is 33.8 Å². The van der Waals surface area contributed by atoms with E-state index in [1.807, 2.05) is 37.4 Å². The highest BCUT2D eigenvalue weighted by Gasteiger charge is 2.19. The molecule has 2 heterocycles. The molecule has 0 saturated carbocycles.